The Morgan fingerprint density at radius 3 is 2.50 bits per heavy atom. The molecule has 0 atom stereocenters. The fraction of sp³-hybridized carbons (Fsp3) is 0.400. The number of hydrogen-bond acceptors (Lipinski definition) is 5. The maximum atomic E-state index is 12.3. The van der Waals surface area contributed by atoms with Crippen molar-refractivity contribution >= 4 is 51.5 Å². The normalized spacial score (nSPS) is 11.5. The van der Waals surface area contributed by atoms with Crippen LogP contribution < -0.4 is 4.90 Å². The fourth-order valence-corrected chi connectivity index (χ4v) is 3.47. The Morgan fingerprint density at radius 2 is 1.82 bits per heavy atom. The van der Waals surface area contributed by atoms with E-state index in [1.54, 1.807) is 25.3 Å². The standard InChI is InChI=1S/C20H24Cl2N4O2/c1-5-28-20(27)13-9-18-19(25(4)8-6-7-24(2)3)23-16-10-14(21)15(22)11-17(16)26(18)12-13/h9-12H,5-8H2,1-4H3. The number of benzene rings is 1. The quantitative estimate of drug-likeness (QED) is 0.529. The van der Waals surface area contributed by atoms with Crippen LogP contribution in [-0.4, -0.2) is 61.1 Å². The highest BCUT2D eigenvalue weighted by Crippen LogP contribution is 2.32. The molecule has 0 aliphatic rings. The largest absolute Gasteiger partial charge is 0.462 e. The van der Waals surface area contributed by atoms with Gasteiger partial charge in [-0.05, 0) is 52.2 Å². The lowest BCUT2D eigenvalue weighted by atomic mass is 10.2. The predicted molar refractivity (Wildman–Crippen MR) is 115 cm³/mol. The van der Waals surface area contributed by atoms with Gasteiger partial charge in [-0.15, -0.1) is 0 Å². The molecule has 3 rings (SSSR count). The van der Waals surface area contributed by atoms with Crippen molar-refractivity contribution in [3.63, 3.8) is 0 Å². The van der Waals surface area contributed by atoms with Gasteiger partial charge in [0.1, 0.15) is 0 Å². The molecule has 1 aromatic carbocycles. The van der Waals surface area contributed by atoms with Crippen LogP contribution in [-0.2, 0) is 4.74 Å². The summed E-state index contributed by atoms with van der Waals surface area (Å²) < 4.78 is 7.09. The highest BCUT2D eigenvalue weighted by atomic mass is 35.5. The van der Waals surface area contributed by atoms with Gasteiger partial charge in [-0.2, -0.15) is 0 Å². The fourth-order valence-electron chi connectivity index (χ4n) is 3.15. The monoisotopic (exact) mass is 422 g/mol. The Kier molecular flexibility index (Phi) is 6.33. The van der Waals surface area contributed by atoms with Gasteiger partial charge in [0.05, 0.1) is 38.8 Å². The first-order valence-corrected chi connectivity index (χ1v) is 9.91. The lowest BCUT2D eigenvalue weighted by Gasteiger charge is -2.21. The van der Waals surface area contributed by atoms with E-state index in [1.165, 1.54) is 0 Å². The second-order valence-corrected chi connectivity index (χ2v) is 7.79. The van der Waals surface area contributed by atoms with Crippen molar-refractivity contribution in [2.24, 2.45) is 0 Å². The van der Waals surface area contributed by atoms with E-state index in [2.05, 4.69) is 23.9 Å². The molecule has 0 unspecified atom stereocenters. The van der Waals surface area contributed by atoms with Crippen molar-refractivity contribution in [3.8, 4) is 0 Å². The van der Waals surface area contributed by atoms with Crippen LogP contribution in [0.25, 0.3) is 16.6 Å². The molecule has 0 fully saturated rings. The molecular weight excluding hydrogens is 399 g/mol. The average molecular weight is 423 g/mol. The van der Waals surface area contributed by atoms with Crippen molar-refractivity contribution in [2.75, 3.05) is 45.7 Å². The molecule has 2 aromatic heterocycles. The summed E-state index contributed by atoms with van der Waals surface area (Å²) in [7, 11) is 6.10. The van der Waals surface area contributed by atoms with Gasteiger partial charge in [-0.25, -0.2) is 9.78 Å². The number of esters is 1. The molecule has 28 heavy (non-hydrogen) atoms. The minimum atomic E-state index is -0.361. The Bertz CT molecular complexity index is 1020. The van der Waals surface area contributed by atoms with E-state index in [4.69, 9.17) is 32.9 Å². The van der Waals surface area contributed by atoms with Crippen molar-refractivity contribution in [3.05, 3.63) is 40.0 Å². The Balaban J connectivity index is 2.14. The van der Waals surface area contributed by atoms with E-state index >= 15 is 0 Å². The molecule has 3 aromatic rings. The van der Waals surface area contributed by atoms with Crippen LogP contribution in [0.4, 0.5) is 5.82 Å². The van der Waals surface area contributed by atoms with Crippen molar-refractivity contribution in [2.45, 2.75) is 13.3 Å². The Labute approximate surface area is 174 Å². The molecule has 0 aliphatic heterocycles. The number of anilines is 1. The lowest BCUT2D eigenvalue weighted by Crippen LogP contribution is -2.24. The van der Waals surface area contributed by atoms with Gasteiger partial charge in [0.25, 0.3) is 0 Å². The average Bonchev–Trinajstić information content (AvgIpc) is 3.08. The molecule has 150 valence electrons. The second kappa shape index (κ2) is 8.55. The van der Waals surface area contributed by atoms with Crippen LogP contribution in [0.3, 0.4) is 0 Å². The summed E-state index contributed by atoms with van der Waals surface area (Å²) in [5.41, 5.74) is 2.79. The maximum absolute atomic E-state index is 12.3. The lowest BCUT2D eigenvalue weighted by molar-refractivity contribution is 0.0526. The van der Waals surface area contributed by atoms with E-state index in [9.17, 15) is 4.79 Å². The van der Waals surface area contributed by atoms with Crippen LogP contribution in [0.5, 0.6) is 0 Å². The van der Waals surface area contributed by atoms with Crippen molar-refractivity contribution < 1.29 is 9.53 Å². The number of nitrogens with zero attached hydrogens (tertiary/aromatic N) is 4. The molecule has 6 nitrogen and oxygen atoms in total. The number of halogens is 2. The van der Waals surface area contributed by atoms with Crippen LogP contribution in [0.2, 0.25) is 10.0 Å². The SMILES string of the molecule is CCOC(=O)c1cc2c(N(C)CCCN(C)C)nc3cc(Cl)c(Cl)cc3n2c1. The zero-order valence-corrected chi connectivity index (χ0v) is 18.0. The first-order chi connectivity index (χ1) is 13.3. The summed E-state index contributed by atoms with van der Waals surface area (Å²) in [6, 6.07) is 5.33. The molecule has 0 amide bonds. The molecule has 0 saturated heterocycles. The van der Waals surface area contributed by atoms with Gasteiger partial charge in [0.2, 0.25) is 0 Å². The minimum absolute atomic E-state index is 0.322. The summed E-state index contributed by atoms with van der Waals surface area (Å²) in [4.78, 5) is 21.3. The summed E-state index contributed by atoms with van der Waals surface area (Å²) in [5, 5.41) is 0.885. The number of ether oxygens (including phenoxy) is 1. The van der Waals surface area contributed by atoms with E-state index in [0.29, 0.717) is 27.7 Å². The van der Waals surface area contributed by atoms with Crippen LogP contribution in [0.15, 0.2) is 24.4 Å². The first-order valence-electron chi connectivity index (χ1n) is 9.15. The summed E-state index contributed by atoms with van der Waals surface area (Å²) >= 11 is 12.4. The molecule has 0 aliphatic carbocycles. The molecular formula is C20H24Cl2N4O2. The molecule has 0 spiro atoms. The van der Waals surface area contributed by atoms with Gasteiger partial charge in [-0.1, -0.05) is 23.2 Å². The zero-order valence-electron chi connectivity index (χ0n) is 16.5. The highest BCUT2D eigenvalue weighted by Gasteiger charge is 2.18. The third-order valence-corrected chi connectivity index (χ3v) is 5.25. The number of fused-ring (bicyclic) bond motifs is 3. The summed E-state index contributed by atoms with van der Waals surface area (Å²) in [6.45, 7) is 3.91. The first kappa shape index (κ1) is 20.7. The van der Waals surface area contributed by atoms with E-state index in [-0.39, 0.29) is 5.97 Å². The predicted octanol–water partition coefficient (Wildman–Crippen LogP) is 4.36. The Morgan fingerprint density at radius 1 is 1.11 bits per heavy atom. The zero-order chi connectivity index (χ0) is 20.4. The van der Waals surface area contributed by atoms with Crippen LogP contribution in [0.1, 0.15) is 23.7 Å². The maximum Gasteiger partial charge on any atom is 0.339 e. The smallest absolute Gasteiger partial charge is 0.339 e. The molecule has 0 radical (unpaired) electrons. The van der Waals surface area contributed by atoms with E-state index in [1.807, 2.05) is 17.5 Å². The van der Waals surface area contributed by atoms with Gasteiger partial charge in [0.15, 0.2) is 5.82 Å². The number of carbonyl (C=O) groups excluding carboxylic acids is 1. The van der Waals surface area contributed by atoms with Gasteiger partial charge >= 0.3 is 5.97 Å². The second-order valence-electron chi connectivity index (χ2n) is 6.97. The van der Waals surface area contributed by atoms with Gasteiger partial charge in [-0.3, -0.25) is 0 Å². The van der Waals surface area contributed by atoms with Crippen LogP contribution >= 0.6 is 23.2 Å². The number of rotatable bonds is 7. The number of carbonyl (C=O) groups is 1. The minimum Gasteiger partial charge on any atom is -0.462 e. The van der Waals surface area contributed by atoms with Gasteiger partial charge < -0.3 is 18.9 Å². The van der Waals surface area contributed by atoms with E-state index < -0.39 is 0 Å². The number of hydrogen-bond donors (Lipinski definition) is 0. The third kappa shape index (κ3) is 4.19. The molecule has 8 heteroatoms. The highest BCUT2D eigenvalue weighted by molar-refractivity contribution is 6.42. The van der Waals surface area contributed by atoms with Crippen LogP contribution in [0, 0.1) is 0 Å². The summed E-state index contributed by atoms with van der Waals surface area (Å²) in [5.74, 6) is 0.417. The number of aromatic nitrogens is 2. The molecule has 0 saturated carbocycles. The molecule has 2 heterocycles. The third-order valence-electron chi connectivity index (χ3n) is 4.52. The van der Waals surface area contributed by atoms with E-state index in [0.717, 1.165) is 36.4 Å². The molecule has 0 bridgehead atoms. The van der Waals surface area contributed by atoms with Crippen molar-refractivity contribution in [1.82, 2.24) is 14.3 Å². The molecule has 0 N–H and O–H groups in total. The summed E-state index contributed by atoms with van der Waals surface area (Å²) in [6.07, 6.45) is 2.75. The Hall–Kier alpha value is -2.02. The van der Waals surface area contributed by atoms with Crippen molar-refractivity contribution in [1.29, 1.82) is 0 Å². The topological polar surface area (TPSA) is 50.1 Å². The van der Waals surface area contributed by atoms with Gasteiger partial charge in [0, 0.05) is 19.8 Å².